The van der Waals surface area contributed by atoms with E-state index >= 15 is 0 Å². The maximum absolute atomic E-state index is 14.8. The standard InChI is InChI=1S/C28H31Cl2FN4O4/c1-5-37-22-13-21-18(26(33-14-32-21)34-20-9-8-19(29)24(30)25(20)31)12-23(22)38-17-10-15-6-7-16(11-17)35(15)27(36)39-28(2,3)4/h8-9,12-17H,5-7,10-11H2,1-4H3,(H,32,33,34)/t15-,16+,17-. The van der Waals surface area contributed by atoms with Crippen LogP contribution < -0.4 is 14.8 Å². The maximum Gasteiger partial charge on any atom is 0.410 e. The first-order valence-electron chi connectivity index (χ1n) is 13.0. The SMILES string of the molecule is CCOc1cc2ncnc(Nc3ccc(Cl)c(Cl)c3F)c2cc1O[C@@H]1C[C@H]2CC[C@@H](C1)N2C(=O)OC(C)(C)C. The van der Waals surface area contributed by atoms with E-state index in [1.807, 2.05) is 32.6 Å². The van der Waals surface area contributed by atoms with Crippen molar-refractivity contribution in [2.45, 2.75) is 77.2 Å². The summed E-state index contributed by atoms with van der Waals surface area (Å²) in [6.45, 7) is 7.96. The Morgan fingerprint density at radius 3 is 2.51 bits per heavy atom. The van der Waals surface area contributed by atoms with Crippen molar-refractivity contribution >= 4 is 51.7 Å². The van der Waals surface area contributed by atoms with Gasteiger partial charge in [0.1, 0.15) is 23.9 Å². The molecule has 0 saturated carbocycles. The zero-order valence-electron chi connectivity index (χ0n) is 22.3. The average Bonchev–Trinajstić information content (AvgIpc) is 3.15. The van der Waals surface area contributed by atoms with Crippen LogP contribution in [0.15, 0.2) is 30.6 Å². The van der Waals surface area contributed by atoms with Crippen molar-refractivity contribution < 1.29 is 23.4 Å². The van der Waals surface area contributed by atoms with Gasteiger partial charge in [-0.25, -0.2) is 19.2 Å². The lowest BCUT2D eigenvalue weighted by Gasteiger charge is -2.39. The van der Waals surface area contributed by atoms with E-state index in [1.165, 1.54) is 18.5 Å². The minimum absolute atomic E-state index is 0.0535. The molecule has 2 bridgehead atoms. The predicted molar refractivity (Wildman–Crippen MR) is 149 cm³/mol. The molecule has 2 aromatic carbocycles. The molecule has 5 rings (SSSR count). The van der Waals surface area contributed by atoms with E-state index in [4.69, 9.17) is 37.4 Å². The van der Waals surface area contributed by atoms with Crippen LogP contribution in [0, 0.1) is 5.82 Å². The number of aromatic nitrogens is 2. The highest BCUT2D eigenvalue weighted by molar-refractivity contribution is 6.42. The Labute approximate surface area is 236 Å². The van der Waals surface area contributed by atoms with Crippen LogP contribution in [-0.4, -0.2) is 51.4 Å². The molecule has 1 aromatic heterocycles. The second kappa shape index (κ2) is 10.8. The van der Waals surface area contributed by atoms with Gasteiger partial charge in [0, 0.05) is 36.4 Å². The summed E-state index contributed by atoms with van der Waals surface area (Å²) < 4.78 is 32.8. The lowest BCUT2D eigenvalue weighted by molar-refractivity contribution is -0.00740. The molecular weight excluding hydrogens is 546 g/mol. The molecule has 2 saturated heterocycles. The molecule has 11 heteroatoms. The van der Waals surface area contributed by atoms with Crippen LogP contribution in [0.1, 0.15) is 53.4 Å². The Kier molecular flexibility index (Phi) is 7.66. The Hall–Kier alpha value is -3.04. The summed E-state index contributed by atoms with van der Waals surface area (Å²) in [7, 11) is 0. The van der Waals surface area contributed by atoms with Gasteiger partial charge in [0.15, 0.2) is 17.3 Å². The highest BCUT2D eigenvalue weighted by Crippen LogP contribution is 2.41. The van der Waals surface area contributed by atoms with E-state index in [0.29, 0.717) is 47.7 Å². The van der Waals surface area contributed by atoms with Crippen LogP contribution in [-0.2, 0) is 4.74 Å². The van der Waals surface area contributed by atoms with E-state index in [-0.39, 0.29) is 40.0 Å². The highest BCUT2D eigenvalue weighted by atomic mass is 35.5. The summed E-state index contributed by atoms with van der Waals surface area (Å²) in [5.74, 6) is 0.791. The van der Waals surface area contributed by atoms with Gasteiger partial charge in [-0.1, -0.05) is 23.2 Å². The number of amides is 1. The number of carbonyl (C=O) groups excluding carboxylic acids is 1. The third-order valence-electron chi connectivity index (χ3n) is 6.88. The Balaban J connectivity index is 1.42. The first-order chi connectivity index (χ1) is 18.5. The van der Waals surface area contributed by atoms with Gasteiger partial charge in [-0.2, -0.15) is 0 Å². The molecule has 0 unspecified atom stereocenters. The molecule has 8 nitrogen and oxygen atoms in total. The number of halogens is 3. The van der Waals surface area contributed by atoms with Crippen LogP contribution in [0.25, 0.3) is 10.9 Å². The molecular formula is C28H31Cl2FN4O4. The zero-order valence-corrected chi connectivity index (χ0v) is 23.8. The second-order valence-electron chi connectivity index (χ2n) is 10.8. The molecule has 208 valence electrons. The maximum atomic E-state index is 14.8. The first-order valence-corrected chi connectivity index (χ1v) is 13.8. The molecule has 3 atom stereocenters. The van der Waals surface area contributed by atoms with Crippen molar-refractivity contribution in [2.24, 2.45) is 0 Å². The van der Waals surface area contributed by atoms with E-state index in [2.05, 4.69) is 15.3 Å². The Morgan fingerprint density at radius 1 is 1.13 bits per heavy atom. The summed E-state index contributed by atoms with van der Waals surface area (Å²) in [5, 5.41) is 3.57. The number of ether oxygens (including phenoxy) is 3. The number of piperidine rings is 1. The number of fused-ring (bicyclic) bond motifs is 3. The van der Waals surface area contributed by atoms with Crippen molar-refractivity contribution in [1.82, 2.24) is 14.9 Å². The number of carbonyl (C=O) groups is 1. The summed E-state index contributed by atoms with van der Waals surface area (Å²) in [4.78, 5) is 23.4. The molecule has 2 aliphatic rings. The van der Waals surface area contributed by atoms with Gasteiger partial charge < -0.3 is 24.4 Å². The van der Waals surface area contributed by atoms with Gasteiger partial charge in [-0.05, 0) is 58.7 Å². The number of rotatable bonds is 6. The second-order valence-corrected chi connectivity index (χ2v) is 11.6. The van der Waals surface area contributed by atoms with E-state index in [0.717, 1.165) is 12.8 Å². The summed E-state index contributed by atoms with van der Waals surface area (Å²) in [6, 6.07) is 6.71. The van der Waals surface area contributed by atoms with E-state index in [9.17, 15) is 9.18 Å². The number of hydrogen-bond donors (Lipinski definition) is 1. The smallest absolute Gasteiger partial charge is 0.410 e. The summed E-state index contributed by atoms with van der Waals surface area (Å²) in [5.41, 5.74) is 0.186. The van der Waals surface area contributed by atoms with Crippen LogP contribution in [0.4, 0.5) is 20.7 Å². The van der Waals surface area contributed by atoms with E-state index in [1.54, 1.807) is 12.1 Å². The largest absolute Gasteiger partial charge is 0.490 e. The summed E-state index contributed by atoms with van der Waals surface area (Å²) >= 11 is 11.9. The highest BCUT2D eigenvalue weighted by Gasteiger charge is 2.45. The van der Waals surface area contributed by atoms with Crippen LogP contribution >= 0.6 is 23.2 Å². The van der Waals surface area contributed by atoms with Crippen molar-refractivity contribution in [3.05, 3.63) is 46.5 Å². The number of anilines is 2. The minimum atomic E-state index is -0.675. The predicted octanol–water partition coefficient (Wildman–Crippen LogP) is 7.53. The Bertz CT molecular complexity index is 1390. The minimum Gasteiger partial charge on any atom is -0.490 e. The molecule has 3 heterocycles. The van der Waals surface area contributed by atoms with Gasteiger partial charge in [-0.15, -0.1) is 0 Å². The van der Waals surface area contributed by atoms with Crippen molar-refractivity contribution in [3.63, 3.8) is 0 Å². The van der Waals surface area contributed by atoms with Gasteiger partial charge in [0.25, 0.3) is 0 Å². The van der Waals surface area contributed by atoms with Gasteiger partial charge in [0.2, 0.25) is 0 Å². The molecule has 2 fully saturated rings. The van der Waals surface area contributed by atoms with Crippen LogP contribution in [0.5, 0.6) is 11.5 Å². The molecule has 3 aromatic rings. The van der Waals surface area contributed by atoms with E-state index < -0.39 is 11.4 Å². The molecule has 39 heavy (non-hydrogen) atoms. The number of nitrogens with zero attached hydrogens (tertiary/aromatic N) is 3. The fraction of sp³-hybridized carbons (Fsp3) is 0.464. The molecule has 1 amide bonds. The lowest BCUT2D eigenvalue weighted by atomic mass is 10.00. The lowest BCUT2D eigenvalue weighted by Crippen LogP contribution is -2.50. The van der Waals surface area contributed by atoms with Gasteiger partial charge >= 0.3 is 6.09 Å². The number of nitrogens with one attached hydrogen (secondary N) is 1. The molecule has 0 radical (unpaired) electrons. The topological polar surface area (TPSA) is 85.8 Å². The molecule has 1 N–H and O–H groups in total. The molecule has 2 aliphatic heterocycles. The van der Waals surface area contributed by atoms with Gasteiger partial charge in [0.05, 0.1) is 27.9 Å². The van der Waals surface area contributed by atoms with Crippen LogP contribution in [0.3, 0.4) is 0 Å². The molecule has 0 aliphatic carbocycles. The van der Waals surface area contributed by atoms with Crippen LogP contribution in [0.2, 0.25) is 10.0 Å². The third kappa shape index (κ3) is 5.79. The number of hydrogen-bond acceptors (Lipinski definition) is 7. The fourth-order valence-electron chi connectivity index (χ4n) is 5.29. The van der Waals surface area contributed by atoms with Crippen molar-refractivity contribution in [2.75, 3.05) is 11.9 Å². The first kappa shape index (κ1) is 27.5. The van der Waals surface area contributed by atoms with Crippen molar-refractivity contribution in [1.29, 1.82) is 0 Å². The normalized spacial score (nSPS) is 20.7. The fourth-order valence-corrected chi connectivity index (χ4v) is 5.60. The number of benzene rings is 2. The quantitative estimate of drug-likeness (QED) is 0.303. The third-order valence-corrected chi connectivity index (χ3v) is 7.66. The van der Waals surface area contributed by atoms with Crippen molar-refractivity contribution in [3.8, 4) is 11.5 Å². The summed E-state index contributed by atoms with van der Waals surface area (Å²) in [6.07, 6.45) is 4.20. The average molecular weight is 577 g/mol. The Morgan fingerprint density at radius 2 is 1.85 bits per heavy atom. The van der Waals surface area contributed by atoms with Gasteiger partial charge in [-0.3, -0.25) is 0 Å². The monoisotopic (exact) mass is 576 g/mol. The molecule has 0 spiro atoms. The zero-order chi connectivity index (χ0) is 27.9.